The Hall–Kier alpha value is -2.50. The number of carbonyl (C=O) groups excluding carboxylic acids is 2. The molecule has 2 rings (SSSR count). The summed E-state index contributed by atoms with van der Waals surface area (Å²) in [6.07, 6.45) is -7.40. The van der Waals surface area contributed by atoms with E-state index in [1.54, 1.807) is 0 Å². The lowest BCUT2D eigenvalue weighted by Gasteiger charge is -2.19. The Bertz CT molecular complexity index is 745. The second-order valence-electron chi connectivity index (χ2n) is 4.71. The smallest absolute Gasteiger partial charge is 0.426 e. The van der Waals surface area contributed by atoms with Crippen molar-refractivity contribution in [2.24, 2.45) is 0 Å². The first-order valence-electron chi connectivity index (χ1n) is 6.98. The van der Waals surface area contributed by atoms with Crippen LogP contribution in [0.4, 0.5) is 13.2 Å². The molecule has 1 N–H and O–H groups in total. The molecule has 136 valence electrons. The Morgan fingerprint density at radius 1 is 1.40 bits per heavy atom. The highest BCUT2D eigenvalue weighted by molar-refractivity contribution is 7.16. The van der Waals surface area contributed by atoms with Crippen LogP contribution in [0.25, 0.3) is 10.8 Å². The van der Waals surface area contributed by atoms with Gasteiger partial charge in [0.1, 0.15) is 11.2 Å². The van der Waals surface area contributed by atoms with Crippen molar-refractivity contribution >= 4 is 23.3 Å². The number of H-pyrrole nitrogens is 1. The molecule has 8 nitrogen and oxygen atoms in total. The molecule has 0 spiro atoms. The van der Waals surface area contributed by atoms with Gasteiger partial charge in [0.2, 0.25) is 6.10 Å². The minimum atomic E-state index is -4.91. The number of nitrogens with one attached hydrogen (secondary N) is 1. The monoisotopic (exact) mass is 378 g/mol. The van der Waals surface area contributed by atoms with Gasteiger partial charge in [-0.3, -0.25) is 9.89 Å². The van der Waals surface area contributed by atoms with Crippen molar-refractivity contribution in [3.8, 4) is 10.8 Å². The molecule has 12 heteroatoms. The summed E-state index contributed by atoms with van der Waals surface area (Å²) < 4.78 is 48.0. The minimum absolute atomic E-state index is 0.0775. The van der Waals surface area contributed by atoms with E-state index >= 15 is 0 Å². The molecule has 2 aromatic rings. The van der Waals surface area contributed by atoms with Crippen LogP contribution in [0.5, 0.6) is 0 Å². The molecule has 0 bridgehead atoms. The van der Waals surface area contributed by atoms with Crippen molar-refractivity contribution in [2.45, 2.75) is 32.5 Å². The fraction of sp³-hybridized carbons (Fsp3) is 0.462. The van der Waals surface area contributed by atoms with Crippen molar-refractivity contribution < 1.29 is 32.2 Å². The van der Waals surface area contributed by atoms with Crippen molar-refractivity contribution in [2.75, 3.05) is 6.61 Å². The van der Waals surface area contributed by atoms with Crippen molar-refractivity contribution in [3.05, 3.63) is 16.9 Å². The number of halogens is 3. The molecular formula is C13H13F3N4O4S. The zero-order valence-corrected chi connectivity index (χ0v) is 13.9. The summed E-state index contributed by atoms with van der Waals surface area (Å²) in [5, 5.41) is 6.43. The third-order valence-electron chi connectivity index (χ3n) is 2.87. The van der Waals surface area contributed by atoms with Crippen LogP contribution in [0.15, 0.2) is 6.33 Å². The molecule has 0 aliphatic rings. The predicted molar refractivity (Wildman–Crippen MR) is 78.7 cm³/mol. The van der Waals surface area contributed by atoms with E-state index < -0.39 is 30.6 Å². The van der Waals surface area contributed by atoms with Gasteiger partial charge in [-0.25, -0.2) is 14.8 Å². The number of ether oxygens (including phenoxy) is 2. The molecule has 0 aromatic carbocycles. The summed E-state index contributed by atoms with van der Waals surface area (Å²) >= 11 is 0.804. The summed E-state index contributed by atoms with van der Waals surface area (Å²) in [4.78, 5) is 31.2. The number of nitrogens with zero attached hydrogens (tertiary/aromatic N) is 3. The maximum atomic E-state index is 13.0. The lowest BCUT2D eigenvalue weighted by Crippen LogP contribution is -2.36. The van der Waals surface area contributed by atoms with Gasteiger partial charge in [0.05, 0.1) is 18.7 Å². The largest absolute Gasteiger partial charge is 0.466 e. The fourth-order valence-corrected chi connectivity index (χ4v) is 2.67. The van der Waals surface area contributed by atoms with Crippen LogP contribution < -0.4 is 0 Å². The highest BCUT2D eigenvalue weighted by Gasteiger charge is 2.45. The Morgan fingerprint density at radius 2 is 2.12 bits per heavy atom. The number of alkyl halides is 3. The Morgan fingerprint density at radius 3 is 2.68 bits per heavy atom. The van der Waals surface area contributed by atoms with Crippen LogP contribution >= 0.6 is 11.3 Å². The van der Waals surface area contributed by atoms with Gasteiger partial charge in [-0.15, -0.1) is 11.3 Å². The van der Waals surface area contributed by atoms with Gasteiger partial charge in [-0.1, -0.05) is 0 Å². The number of carbonyl (C=O) groups is 2. The van der Waals surface area contributed by atoms with Gasteiger partial charge in [0.15, 0.2) is 10.8 Å². The highest BCUT2D eigenvalue weighted by Crippen LogP contribution is 2.30. The topological polar surface area (TPSA) is 107 Å². The average Bonchev–Trinajstić information content (AvgIpc) is 3.14. The summed E-state index contributed by atoms with van der Waals surface area (Å²) in [6, 6.07) is 0. The molecule has 0 saturated heterocycles. The van der Waals surface area contributed by atoms with Crippen molar-refractivity contribution in [1.82, 2.24) is 20.2 Å². The summed E-state index contributed by atoms with van der Waals surface area (Å²) in [5.41, 5.74) is 0.179. The van der Waals surface area contributed by atoms with E-state index in [0.717, 1.165) is 11.3 Å². The normalized spacial score (nSPS) is 12.7. The van der Waals surface area contributed by atoms with Crippen molar-refractivity contribution in [3.63, 3.8) is 0 Å². The Balaban J connectivity index is 2.17. The van der Waals surface area contributed by atoms with E-state index in [0.29, 0.717) is 0 Å². The summed E-state index contributed by atoms with van der Waals surface area (Å²) in [7, 11) is 0. The van der Waals surface area contributed by atoms with Crippen LogP contribution in [0.2, 0.25) is 0 Å². The molecule has 0 aliphatic carbocycles. The van der Waals surface area contributed by atoms with E-state index in [2.05, 4.69) is 29.6 Å². The third kappa shape index (κ3) is 4.75. The second-order valence-corrected chi connectivity index (χ2v) is 5.71. The highest BCUT2D eigenvalue weighted by atomic mass is 32.1. The second kappa shape index (κ2) is 7.59. The van der Waals surface area contributed by atoms with E-state index in [-0.39, 0.29) is 28.0 Å². The summed E-state index contributed by atoms with van der Waals surface area (Å²) in [5.74, 6) is -2.07. The van der Waals surface area contributed by atoms with E-state index in [9.17, 15) is 22.8 Å². The molecule has 1 atom stereocenters. The molecule has 0 amide bonds. The van der Waals surface area contributed by atoms with Crippen molar-refractivity contribution in [1.29, 1.82) is 0 Å². The zero-order valence-electron chi connectivity index (χ0n) is 13.1. The number of hydrogen-bond donors (Lipinski definition) is 1. The number of rotatable bonds is 6. The summed E-state index contributed by atoms with van der Waals surface area (Å²) in [6.45, 7) is 2.82. The van der Waals surface area contributed by atoms with Crippen LogP contribution in [0.1, 0.15) is 28.7 Å². The van der Waals surface area contributed by atoms with Gasteiger partial charge in [0.25, 0.3) is 0 Å². The molecule has 2 aromatic heterocycles. The van der Waals surface area contributed by atoms with Crippen LogP contribution in [0, 0.1) is 6.92 Å². The lowest BCUT2D eigenvalue weighted by molar-refractivity contribution is -0.209. The van der Waals surface area contributed by atoms with Gasteiger partial charge in [-0.05, 0) is 13.8 Å². The molecule has 2 heterocycles. The van der Waals surface area contributed by atoms with Gasteiger partial charge < -0.3 is 9.47 Å². The SMILES string of the molecule is CCOC(=O)CC(OC(=O)c1sc(-c2ncn[nH]2)nc1C)C(F)(F)F. The number of aryl methyl sites for hydroxylation is 1. The average molecular weight is 378 g/mol. The maximum absolute atomic E-state index is 13.0. The Kier molecular flexibility index (Phi) is 5.72. The van der Waals surface area contributed by atoms with Gasteiger partial charge in [0, 0.05) is 0 Å². The van der Waals surface area contributed by atoms with Gasteiger partial charge >= 0.3 is 18.1 Å². The first-order valence-corrected chi connectivity index (χ1v) is 7.80. The molecule has 0 aliphatic heterocycles. The fourth-order valence-electron chi connectivity index (χ4n) is 1.77. The molecule has 0 fully saturated rings. The Labute approximate surface area is 143 Å². The van der Waals surface area contributed by atoms with Crippen LogP contribution in [-0.2, 0) is 14.3 Å². The number of esters is 2. The number of thiazole rings is 1. The maximum Gasteiger partial charge on any atom is 0.426 e. The number of hydrogen-bond acceptors (Lipinski definition) is 8. The first kappa shape index (κ1) is 18.8. The van der Waals surface area contributed by atoms with E-state index in [1.807, 2.05) is 0 Å². The molecule has 1 unspecified atom stereocenters. The van der Waals surface area contributed by atoms with Gasteiger partial charge in [-0.2, -0.15) is 18.3 Å². The minimum Gasteiger partial charge on any atom is -0.466 e. The number of aromatic amines is 1. The molecule has 0 saturated carbocycles. The number of aromatic nitrogens is 4. The zero-order chi connectivity index (χ0) is 18.6. The van der Waals surface area contributed by atoms with Crippen LogP contribution in [0.3, 0.4) is 0 Å². The van der Waals surface area contributed by atoms with E-state index in [1.165, 1.54) is 20.2 Å². The predicted octanol–water partition coefficient (Wildman–Crippen LogP) is 2.28. The first-order chi connectivity index (χ1) is 11.7. The van der Waals surface area contributed by atoms with Crippen LogP contribution in [-0.4, -0.2) is 51.0 Å². The molecule has 25 heavy (non-hydrogen) atoms. The third-order valence-corrected chi connectivity index (χ3v) is 4.02. The quantitative estimate of drug-likeness (QED) is 0.769. The lowest BCUT2D eigenvalue weighted by atomic mass is 10.2. The molecular weight excluding hydrogens is 365 g/mol. The van der Waals surface area contributed by atoms with E-state index in [4.69, 9.17) is 0 Å². The standard InChI is InChI=1S/C13H13F3N4O4S/c1-3-23-8(21)4-7(13(14,15)16)24-12(22)9-6(2)19-11(25-9)10-17-5-18-20-10/h5,7H,3-4H2,1-2H3,(H,17,18,20). The molecule has 0 radical (unpaired) electrons.